The molecule has 2 N–H and O–H groups in total. The topological polar surface area (TPSA) is 85.8 Å². The predicted octanol–water partition coefficient (Wildman–Crippen LogP) is 4.52. The van der Waals surface area contributed by atoms with Crippen LogP contribution in [-0.2, 0) is 6.18 Å². The summed E-state index contributed by atoms with van der Waals surface area (Å²) >= 11 is 0. The fourth-order valence-electron chi connectivity index (χ4n) is 3.70. The lowest BCUT2D eigenvalue weighted by atomic mass is 10.1. The molecule has 0 spiro atoms. The number of benzene rings is 2. The highest BCUT2D eigenvalue weighted by Crippen LogP contribution is 2.31. The second-order valence-corrected chi connectivity index (χ2v) is 7.88. The van der Waals surface area contributed by atoms with E-state index in [0.29, 0.717) is 44.1 Å². The predicted molar refractivity (Wildman–Crippen MR) is 121 cm³/mol. The summed E-state index contributed by atoms with van der Waals surface area (Å²) in [5, 5.41) is 11.3. The van der Waals surface area contributed by atoms with E-state index in [2.05, 4.69) is 15.2 Å². The van der Waals surface area contributed by atoms with Crippen molar-refractivity contribution in [2.45, 2.75) is 6.18 Å². The second-order valence-electron chi connectivity index (χ2n) is 7.88. The summed E-state index contributed by atoms with van der Waals surface area (Å²) in [6, 6.07) is 11.7. The van der Waals surface area contributed by atoms with E-state index < -0.39 is 29.4 Å². The molecule has 0 bridgehead atoms. The van der Waals surface area contributed by atoms with Crippen LogP contribution in [0.1, 0.15) is 26.3 Å². The minimum atomic E-state index is -4.68. The molecule has 2 heterocycles. The lowest BCUT2D eigenvalue weighted by Crippen LogP contribution is -2.46. The van der Waals surface area contributed by atoms with Gasteiger partial charge in [0.15, 0.2) is 0 Å². The van der Waals surface area contributed by atoms with Gasteiger partial charge in [0.05, 0.1) is 22.4 Å². The van der Waals surface area contributed by atoms with Gasteiger partial charge in [-0.3, -0.25) is 4.79 Å². The van der Waals surface area contributed by atoms with Crippen LogP contribution in [0.2, 0.25) is 0 Å². The van der Waals surface area contributed by atoms with Crippen molar-refractivity contribution in [3.63, 3.8) is 0 Å². The number of piperazine rings is 1. The molecule has 0 unspecified atom stereocenters. The zero-order valence-corrected chi connectivity index (χ0v) is 18.2. The number of carbonyl (C=O) groups excluding carboxylic acids is 1. The molecule has 1 amide bonds. The fraction of sp³-hybridized carbons (Fsp3) is 0.208. The number of hydrogen-bond donors (Lipinski definition) is 2. The molecule has 1 saturated heterocycles. The quantitative estimate of drug-likeness (QED) is 0.514. The van der Waals surface area contributed by atoms with Crippen LogP contribution in [0.4, 0.5) is 34.8 Å². The number of aromatic carboxylic acids is 1. The number of halogens is 4. The molecule has 7 nitrogen and oxygen atoms in total. The van der Waals surface area contributed by atoms with Crippen LogP contribution in [0.15, 0.2) is 60.8 Å². The highest BCUT2D eigenvalue weighted by Gasteiger charge is 2.31. The highest BCUT2D eigenvalue weighted by atomic mass is 19.4. The van der Waals surface area contributed by atoms with Crippen LogP contribution in [0.25, 0.3) is 0 Å². The van der Waals surface area contributed by atoms with E-state index in [-0.39, 0.29) is 16.8 Å². The van der Waals surface area contributed by atoms with Crippen LogP contribution in [0.5, 0.6) is 0 Å². The largest absolute Gasteiger partial charge is 0.478 e. The number of carboxylic acid groups (broad SMARTS) is 1. The van der Waals surface area contributed by atoms with Crippen molar-refractivity contribution in [3.8, 4) is 0 Å². The Morgan fingerprint density at radius 3 is 2.06 bits per heavy atom. The maximum atomic E-state index is 14.0. The molecule has 182 valence electrons. The zero-order valence-electron chi connectivity index (χ0n) is 18.2. The first kappa shape index (κ1) is 24.0. The summed E-state index contributed by atoms with van der Waals surface area (Å²) in [7, 11) is 0. The van der Waals surface area contributed by atoms with Crippen LogP contribution < -0.4 is 15.1 Å². The monoisotopic (exact) mass is 488 g/mol. The molecule has 4 rings (SSSR count). The molecule has 0 radical (unpaired) electrons. The SMILES string of the molecule is O=C(O)c1ccc(N2CCN(c3ccc(C(=O)Nc4ccc(C(F)(F)F)cc4F)cn3)CC2)cc1. The van der Waals surface area contributed by atoms with E-state index in [9.17, 15) is 27.2 Å². The Hall–Kier alpha value is -4.15. The van der Waals surface area contributed by atoms with Gasteiger partial charge in [-0.15, -0.1) is 0 Å². The van der Waals surface area contributed by atoms with Gasteiger partial charge in [-0.1, -0.05) is 0 Å². The lowest BCUT2D eigenvalue weighted by molar-refractivity contribution is -0.137. The van der Waals surface area contributed by atoms with Gasteiger partial charge in [-0.05, 0) is 54.6 Å². The summed E-state index contributed by atoms with van der Waals surface area (Å²) in [4.78, 5) is 31.9. The van der Waals surface area contributed by atoms with Gasteiger partial charge in [0, 0.05) is 38.1 Å². The molecule has 0 aliphatic carbocycles. The van der Waals surface area contributed by atoms with E-state index in [0.717, 1.165) is 11.8 Å². The van der Waals surface area contributed by atoms with E-state index in [1.165, 1.54) is 12.3 Å². The number of carbonyl (C=O) groups is 2. The molecule has 1 aliphatic heterocycles. The molecule has 1 fully saturated rings. The Balaban J connectivity index is 1.35. The number of nitrogens with one attached hydrogen (secondary N) is 1. The first-order chi connectivity index (χ1) is 16.6. The highest BCUT2D eigenvalue weighted by molar-refractivity contribution is 6.04. The number of aromatic nitrogens is 1. The summed E-state index contributed by atoms with van der Waals surface area (Å²) in [6.45, 7) is 2.67. The van der Waals surface area contributed by atoms with Crippen molar-refractivity contribution in [1.29, 1.82) is 0 Å². The Morgan fingerprint density at radius 1 is 0.886 bits per heavy atom. The average molecular weight is 488 g/mol. The van der Waals surface area contributed by atoms with E-state index >= 15 is 0 Å². The maximum absolute atomic E-state index is 14.0. The molecule has 35 heavy (non-hydrogen) atoms. The van der Waals surface area contributed by atoms with E-state index in [1.807, 2.05) is 4.90 Å². The molecular weight excluding hydrogens is 468 g/mol. The van der Waals surface area contributed by atoms with Crippen molar-refractivity contribution in [1.82, 2.24) is 4.98 Å². The van der Waals surface area contributed by atoms with Crippen molar-refractivity contribution >= 4 is 29.1 Å². The van der Waals surface area contributed by atoms with Gasteiger partial charge in [0.2, 0.25) is 0 Å². The Labute approximate surface area is 197 Å². The van der Waals surface area contributed by atoms with Gasteiger partial charge < -0.3 is 20.2 Å². The molecule has 1 aromatic heterocycles. The number of carboxylic acids is 1. The van der Waals surface area contributed by atoms with Crippen LogP contribution in [0.3, 0.4) is 0 Å². The van der Waals surface area contributed by atoms with Gasteiger partial charge in [0.25, 0.3) is 5.91 Å². The molecule has 3 aromatic rings. The number of pyridine rings is 1. The van der Waals surface area contributed by atoms with Crippen LogP contribution >= 0.6 is 0 Å². The van der Waals surface area contributed by atoms with Gasteiger partial charge >= 0.3 is 12.1 Å². The fourth-order valence-corrected chi connectivity index (χ4v) is 3.70. The van der Waals surface area contributed by atoms with Crippen molar-refractivity contribution in [2.24, 2.45) is 0 Å². The first-order valence-electron chi connectivity index (χ1n) is 10.6. The molecule has 1 aliphatic rings. The molecule has 0 atom stereocenters. The summed E-state index contributed by atoms with van der Waals surface area (Å²) < 4.78 is 52.0. The van der Waals surface area contributed by atoms with E-state index in [4.69, 9.17) is 5.11 Å². The molecule has 0 saturated carbocycles. The molecule has 2 aromatic carbocycles. The zero-order chi connectivity index (χ0) is 25.2. The van der Waals surface area contributed by atoms with Crippen molar-refractivity contribution < 1.29 is 32.3 Å². The lowest BCUT2D eigenvalue weighted by Gasteiger charge is -2.36. The average Bonchev–Trinajstić information content (AvgIpc) is 2.85. The minimum absolute atomic E-state index is 0.130. The molecule has 11 heteroatoms. The molecular formula is C24H20F4N4O3. The third-order valence-corrected chi connectivity index (χ3v) is 5.64. The third-order valence-electron chi connectivity index (χ3n) is 5.64. The Kier molecular flexibility index (Phi) is 6.59. The maximum Gasteiger partial charge on any atom is 0.416 e. The number of alkyl halides is 3. The Bertz CT molecular complexity index is 1220. The van der Waals surface area contributed by atoms with Crippen LogP contribution in [-0.4, -0.2) is 48.1 Å². The number of amides is 1. The van der Waals surface area contributed by atoms with Crippen LogP contribution in [0, 0.1) is 5.82 Å². The smallest absolute Gasteiger partial charge is 0.416 e. The summed E-state index contributed by atoms with van der Waals surface area (Å²) in [5.41, 5.74) is -0.229. The third kappa shape index (κ3) is 5.51. The second kappa shape index (κ2) is 9.61. The standard InChI is InChI=1S/C24H20F4N4O3/c25-19-13-17(24(26,27)28)4-7-20(19)30-22(33)16-3-8-21(29-14-16)32-11-9-31(10-12-32)18-5-1-15(2-6-18)23(34)35/h1-8,13-14H,9-12H2,(H,30,33)(H,34,35). The van der Waals surface area contributed by atoms with Gasteiger partial charge in [-0.2, -0.15) is 13.2 Å². The summed E-state index contributed by atoms with van der Waals surface area (Å²) in [6.07, 6.45) is -3.36. The minimum Gasteiger partial charge on any atom is -0.478 e. The number of nitrogens with zero attached hydrogens (tertiary/aromatic N) is 3. The first-order valence-corrected chi connectivity index (χ1v) is 10.6. The number of anilines is 3. The van der Waals surface area contributed by atoms with Gasteiger partial charge in [-0.25, -0.2) is 14.2 Å². The van der Waals surface area contributed by atoms with Gasteiger partial charge in [0.1, 0.15) is 11.6 Å². The Morgan fingerprint density at radius 2 is 1.51 bits per heavy atom. The van der Waals surface area contributed by atoms with Crippen molar-refractivity contribution in [2.75, 3.05) is 41.3 Å². The van der Waals surface area contributed by atoms with Crippen molar-refractivity contribution in [3.05, 3.63) is 83.3 Å². The normalized spacial score (nSPS) is 14.1. The van der Waals surface area contributed by atoms with E-state index in [1.54, 1.807) is 30.3 Å². The number of hydrogen-bond acceptors (Lipinski definition) is 5. The summed E-state index contributed by atoms with van der Waals surface area (Å²) in [5.74, 6) is -2.22. The number of rotatable bonds is 5.